The third-order valence-corrected chi connectivity index (χ3v) is 3.96. The monoisotopic (exact) mass is 308 g/mol. The zero-order chi connectivity index (χ0) is 14.5. The van der Waals surface area contributed by atoms with Gasteiger partial charge in [-0.3, -0.25) is 4.79 Å². The fraction of sp³-hybridized carbons (Fsp3) is 0.143. The van der Waals surface area contributed by atoms with Crippen molar-refractivity contribution in [1.82, 2.24) is 4.98 Å². The van der Waals surface area contributed by atoms with Crippen molar-refractivity contribution in [3.8, 4) is 0 Å². The molecule has 1 atom stereocenters. The van der Waals surface area contributed by atoms with E-state index in [1.54, 1.807) is 24.4 Å². The van der Waals surface area contributed by atoms with Crippen LogP contribution in [0.15, 0.2) is 52.5 Å². The Morgan fingerprint density at radius 3 is 2.70 bits per heavy atom. The second kappa shape index (κ2) is 6.74. The number of aliphatic carboxylic acids is 1. The van der Waals surface area contributed by atoms with Crippen molar-refractivity contribution in [3.63, 3.8) is 0 Å². The summed E-state index contributed by atoms with van der Waals surface area (Å²) in [5.41, 5.74) is 6.40. The van der Waals surface area contributed by atoms with Crippen molar-refractivity contribution in [2.75, 3.05) is 0 Å². The number of nitrogens with zero attached hydrogens (tertiary/aromatic N) is 1. The first-order valence-corrected chi connectivity index (χ1v) is 7.11. The molecule has 4 nitrogen and oxygen atoms in total. The van der Waals surface area contributed by atoms with Crippen molar-refractivity contribution >= 4 is 29.3 Å². The fourth-order valence-electron chi connectivity index (χ4n) is 1.61. The zero-order valence-corrected chi connectivity index (χ0v) is 12.1. The lowest BCUT2D eigenvalue weighted by molar-refractivity contribution is -0.138. The summed E-state index contributed by atoms with van der Waals surface area (Å²) in [6, 6.07) is 10.1. The summed E-state index contributed by atoms with van der Waals surface area (Å²) in [4.78, 5) is 16.1. The largest absolute Gasteiger partial charge is 0.480 e. The Kier molecular flexibility index (Phi) is 5.00. The molecule has 1 aromatic heterocycles. The van der Waals surface area contributed by atoms with Gasteiger partial charge in [-0.05, 0) is 35.9 Å². The molecule has 0 aliphatic heterocycles. The van der Waals surface area contributed by atoms with Crippen LogP contribution in [0.3, 0.4) is 0 Å². The molecule has 6 heteroatoms. The molecule has 0 amide bonds. The second-order valence-corrected chi connectivity index (χ2v) is 5.67. The second-order valence-electron chi connectivity index (χ2n) is 4.17. The lowest BCUT2D eigenvalue weighted by Gasteiger charge is -2.10. The summed E-state index contributed by atoms with van der Waals surface area (Å²) in [5, 5.41) is 10.3. The van der Waals surface area contributed by atoms with E-state index in [1.165, 1.54) is 11.8 Å². The molecule has 104 valence electrons. The topological polar surface area (TPSA) is 76.2 Å². The molecule has 0 bridgehead atoms. The molecule has 0 aliphatic rings. The quantitative estimate of drug-likeness (QED) is 0.888. The van der Waals surface area contributed by atoms with Crippen molar-refractivity contribution in [2.24, 2.45) is 5.73 Å². The van der Waals surface area contributed by atoms with Gasteiger partial charge in [0.2, 0.25) is 0 Å². The number of aromatic nitrogens is 1. The molecular formula is C14H13ClN2O2S. The number of hydrogen-bond acceptors (Lipinski definition) is 4. The summed E-state index contributed by atoms with van der Waals surface area (Å²) >= 11 is 7.30. The zero-order valence-electron chi connectivity index (χ0n) is 10.5. The van der Waals surface area contributed by atoms with Gasteiger partial charge >= 0.3 is 5.97 Å². The van der Waals surface area contributed by atoms with Crippen LogP contribution >= 0.6 is 23.4 Å². The predicted molar refractivity (Wildman–Crippen MR) is 79.1 cm³/mol. The Balaban J connectivity index is 2.19. The summed E-state index contributed by atoms with van der Waals surface area (Å²) in [6.45, 7) is 0. The maximum absolute atomic E-state index is 10.8. The van der Waals surface area contributed by atoms with Crippen molar-refractivity contribution in [2.45, 2.75) is 22.4 Å². The molecule has 0 radical (unpaired) electrons. The summed E-state index contributed by atoms with van der Waals surface area (Å²) in [5.74, 6) is -1.02. The van der Waals surface area contributed by atoms with Gasteiger partial charge in [-0.1, -0.05) is 29.4 Å². The van der Waals surface area contributed by atoms with Crippen LogP contribution in [-0.4, -0.2) is 22.1 Å². The lowest BCUT2D eigenvalue weighted by atomic mass is 10.1. The van der Waals surface area contributed by atoms with Crippen LogP contribution in [0.2, 0.25) is 5.02 Å². The molecule has 2 aromatic rings. The molecule has 0 spiro atoms. The molecule has 1 heterocycles. The number of rotatable bonds is 5. The molecular weight excluding hydrogens is 296 g/mol. The maximum Gasteiger partial charge on any atom is 0.320 e. The van der Waals surface area contributed by atoms with Gasteiger partial charge < -0.3 is 10.8 Å². The van der Waals surface area contributed by atoms with Crippen LogP contribution in [-0.2, 0) is 11.2 Å². The van der Waals surface area contributed by atoms with Crippen LogP contribution in [0.4, 0.5) is 0 Å². The molecule has 0 aliphatic carbocycles. The van der Waals surface area contributed by atoms with E-state index in [0.717, 1.165) is 15.5 Å². The third-order valence-electron chi connectivity index (χ3n) is 2.64. The molecule has 0 saturated heterocycles. The Labute approximate surface area is 126 Å². The first-order valence-electron chi connectivity index (χ1n) is 5.92. The molecule has 2 rings (SSSR count). The van der Waals surface area contributed by atoms with E-state index in [2.05, 4.69) is 4.98 Å². The number of carbonyl (C=O) groups is 1. The number of carboxylic acid groups (broad SMARTS) is 1. The minimum atomic E-state index is -1.02. The predicted octanol–water partition coefficient (Wildman–Crippen LogP) is 2.84. The summed E-state index contributed by atoms with van der Waals surface area (Å²) < 4.78 is 0. The van der Waals surface area contributed by atoms with E-state index >= 15 is 0 Å². The van der Waals surface area contributed by atoms with E-state index in [0.29, 0.717) is 5.02 Å². The van der Waals surface area contributed by atoms with E-state index in [-0.39, 0.29) is 6.42 Å². The summed E-state index contributed by atoms with van der Waals surface area (Å²) in [6.07, 6.45) is 1.92. The minimum absolute atomic E-state index is 0.249. The number of halogens is 1. The van der Waals surface area contributed by atoms with Gasteiger partial charge in [0.25, 0.3) is 0 Å². The van der Waals surface area contributed by atoms with Crippen molar-refractivity contribution in [3.05, 3.63) is 53.2 Å². The highest BCUT2D eigenvalue weighted by atomic mass is 35.5. The smallest absolute Gasteiger partial charge is 0.320 e. The van der Waals surface area contributed by atoms with E-state index in [9.17, 15) is 4.79 Å². The molecule has 0 fully saturated rings. The highest BCUT2D eigenvalue weighted by molar-refractivity contribution is 7.99. The Morgan fingerprint density at radius 1 is 1.35 bits per heavy atom. The molecule has 0 saturated carbocycles. The Morgan fingerprint density at radius 2 is 2.05 bits per heavy atom. The van der Waals surface area contributed by atoms with E-state index < -0.39 is 12.0 Å². The van der Waals surface area contributed by atoms with Crippen molar-refractivity contribution in [1.29, 1.82) is 0 Å². The van der Waals surface area contributed by atoms with E-state index in [1.807, 2.05) is 18.2 Å². The first kappa shape index (κ1) is 14.8. The maximum atomic E-state index is 10.8. The number of nitrogens with two attached hydrogens (primary N) is 1. The van der Waals surface area contributed by atoms with Gasteiger partial charge in [0, 0.05) is 22.5 Å². The highest BCUT2D eigenvalue weighted by Crippen LogP contribution is 2.29. The normalized spacial score (nSPS) is 12.1. The number of pyridine rings is 1. The van der Waals surface area contributed by atoms with Crippen LogP contribution < -0.4 is 5.73 Å². The molecule has 1 unspecified atom stereocenters. The average Bonchev–Trinajstić information content (AvgIpc) is 2.43. The van der Waals surface area contributed by atoms with Crippen molar-refractivity contribution < 1.29 is 9.90 Å². The third kappa shape index (κ3) is 3.96. The molecule has 20 heavy (non-hydrogen) atoms. The van der Waals surface area contributed by atoms with Gasteiger partial charge in [0.05, 0.1) is 0 Å². The van der Waals surface area contributed by atoms with E-state index in [4.69, 9.17) is 22.4 Å². The van der Waals surface area contributed by atoms with Gasteiger partial charge in [0.1, 0.15) is 11.1 Å². The SMILES string of the molecule is NC(Cc1cccnc1Sc1ccc(Cl)cc1)C(=O)O. The van der Waals surface area contributed by atoms with Gasteiger partial charge in [0.15, 0.2) is 0 Å². The van der Waals surface area contributed by atoms with Crippen LogP contribution in [0.5, 0.6) is 0 Å². The van der Waals surface area contributed by atoms with Gasteiger partial charge in [-0.2, -0.15) is 0 Å². The van der Waals surface area contributed by atoms with Gasteiger partial charge in [-0.25, -0.2) is 4.98 Å². The van der Waals surface area contributed by atoms with Crippen LogP contribution in [0.25, 0.3) is 0 Å². The first-order chi connectivity index (χ1) is 9.56. The minimum Gasteiger partial charge on any atom is -0.480 e. The molecule has 3 N–H and O–H groups in total. The molecule has 1 aromatic carbocycles. The highest BCUT2D eigenvalue weighted by Gasteiger charge is 2.15. The Bertz CT molecular complexity index is 604. The van der Waals surface area contributed by atoms with Crippen LogP contribution in [0, 0.1) is 0 Å². The number of benzene rings is 1. The summed E-state index contributed by atoms with van der Waals surface area (Å²) in [7, 11) is 0. The lowest BCUT2D eigenvalue weighted by Crippen LogP contribution is -2.32. The average molecular weight is 309 g/mol. The fourth-order valence-corrected chi connectivity index (χ4v) is 2.63. The number of hydrogen-bond donors (Lipinski definition) is 2. The Hall–Kier alpha value is -1.56. The number of carboxylic acids is 1. The standard InChI is InChI=1S/C14H13ClN2O2S/c15-10-3-5-11(6-4-10)20-13-9(2-1-7-17-13)8-12(16)14(18)19/h1-7,12H,8,16H2,(H,18,19). The van der Waals surface area contributed by atoms with Crippen LogP contribution in [0.1, 0.15) is 5.56 Å². The van der Waals surface area contributed by atoms with Gasteiger partial charge in [-0.15, -0.1) is 0 Å².